The molecular weight excluding hydrogens is 529 g/mol. The maximum atomic E-state index is 13.5. The Hall–Kier alpha value is -4.25. The first kappa shape index (κ1) is 26.4. The molecule has 2 aromatic carbocycles. The standard InChI is InChI=1S/C28H23F3N4O3S/c1-16-22(9-6-12-32-16)27-26(34-18(3)38-27)23-14-20(19-7-5-8-21(13-19)39(4,36)37)10-11-24(23)35-15-25(28(29,30)31)33-17(35)2/h5-15H,1-4H3. The minimum Gasteiger partial charge on any atom is -0.440 e. The topological polar surface area (TPSA) is 90.9 Å². The molecule has 5 rings (SSSR count). The second kappa shape index (κ2) is 9.49. The lowest BCUT2D eigenvalue weighted by molar-refractivity contribution is -0.141. The molecule has 0 radical (unpaired) electrons. The Balaban J connectivity index is 1.79. The van der Waals surface area contributed by atoms with E-state index in [1.165, 1.54) is 17.6 Å². The van der Waals surface area contributed by atoms with Crippen molar-refractivity contribution in [3.8, 4) is 39.4 Å². The Morgan fingerprint density at radius 3 is 2.31 bits per heavy atom. The summed E-state index contributed by atoms with van der Waals surface area (Å²) in [7, 11) is -3.46. The molecule has 11 heteroatoms. The van der Waals surface area contributed by atoms with Crippen LogP contribution in [0.5, 0.6) is 0 Å². The van der Waals surface area contributed by atoms with Gasteiger partial charge in [0.15, 0.2) is 27.2 Å². The van der Waals surface area contributed by atoms with Gasteiger partial charge in [-0.1, -0.05) is 18.2 Å². The molecule has 0 bridgehead atoms. The van der Waals surface area contributed by atoms with Crippen LogP contribution in [0.25, 0.3) is 39.4 Å². The number of pyridine rings is 1. The third-order valence-corrected chi connectivity index (χ3v) is 7.38. The van der Waals surface area contributed by atoms with Crippen LogP contribution in [0.4, 0.5) is 13.2 Å². The first-order valence-electron chi connectivity index (χ1n) is 11.8. The molecule has 3 aromatic heterocycles. The molecule has 0 aliphatic heterocycles. The molecule has 0 aliphatic carbocycles. The lowest BCUT2D eigenvalue weighted by Gasteiger charge is -2.14. The highest BCUT2D eigenvalue weighted by atomic mass is 32.2. The number of imidazole rings is 1. The fraction of sp³-hybridized carbons (Fsp3) is 0.179. The van der Waals surface area contributed by atoms with E-state index in [-0.39, 0.29) is 10.7 Å². The van der Waals surface area contributed by atoms with Gasteiger partial charge in [0.1, 0.15) is 11.5 Å². The van der Waals surface area contributed by atoms with Gasteiger partial charge in [-0.15, -0.1) is 0 Å². The van der Waals surface area contributed by atoms with Crippen molar-refractivity contribution in [2.45, 2.75) is 31.8 Å². The van der Waals surface area contributed by atoms with Crippen LogP contribution in [-0.4, -0.2) is 34.2 Å². The monoisotopic (exact) mass is 552 g/mol. The molecule has 0 atom stereocenters. The van der Waals surface area contributed by atoms with Crippen molar-refractivity contribution in [3.05, 3.63) is 90.1 Å². The number of rotatable bonds is 5. The smallest absolute Gasteiger partial charge is 0.434 e. The van der Waals surface area contributed by atoms with Gasteiger partial charge in [-0.05, 0) is 61.4 Å². The summed E-state index contributed by atoms with van der Waals surface area (Å²) in [4.78, 5) is 12.8. The van der Waals surface area contributed by atoms with Crippen molar-refractivity contribution in [1.82, 2.24) is 19.5 Å². The minimum atomic E-state index is -4.62. The van der Waals surface area contributed by atoms with Crippen LogP contribution in [-0.2, 0) is 16.0 Å². The summed E-state index contributed by atoms with van der Waals surface area (Å²) in [6.45, 7) is 4.99. The van der Waals surface area contributed by atoms with E-state index in [4.69, 9.17) is 4.42 Å². The van der Waals surface area contributed by atoms with Crippen molar-refractivity contribution in [2.75, 3.05) is 6.26 Å². The van der Waals surface area contributed by atoms with Crippen molar-refractivity contribution >= 4 is 9.84 Å². The summed E-state index contributed by atoms with van der Waals surface area (Å²) in [5.41, 5.74) is 2.88. The number of sulfone groups is 1. The van der Waals surface area contributed by atoms with Gasteiger partial charge in [0.25, 0.3) is 0 Å². The third kappa shape index (κ3) is 5.09. The number of aryl methyl sites for hydroxylation is 3. The van der Waals surface area contributed by atoms with Crippen molar-refractivity contribution in [3.63, 3.8) is 0 Å². The largest absolute Gasteiger partial charge is 0.440 e. The maximum absolute atomic E-state index is 13.5. The highest BCUT2D eigenvalue weighted by molar-refractivity contribution is 7.90. The van der Waals surface area contributed by atoms with Gasteiger partial charge in [-0.25, -0.2) is 18.4 Å². The summed E-state index contributed by atoms with van der Waals surface area (Å²) in [5.74, 6) is 0.905. The van der Waals surface area contributed by atoms with Crippen molar-refractivity contribution in [2.24, 2.45) is 0 Å². The number of benzene rings is 2. The van der Waals surface area contributed by atoms with E-state index < -0.39 is 21.7 Å². The molecule has 0 aliphatic rings. The predicted octanol–water partition coefficient (Wildman–Crippen LogP) is 6.60. The van der Waals surface area contributed by atoms with Gasteiger partial charge in [-0.3, -0.25) is 4.98 Å². The first-order chi connectivity index (χ1) is 18.3. The Morgan fingerprint density at radius 1 is 0.897 bits per heavy atom. The van der Waals surface area contributed by atoms with E-state index in [0.717, 1.165) is 12.5 Å². The summed E-state index contributed by atoms with van der Waals surface area (Å²) >= 11 is 0. The molecule has 0 spiro atoms. The van der Waals surface area contributed by atoms with Gasteiger partial charge in [0.05, 0.1) is 10.6 Å². The fourth-order valence-electron chi connectivity index (χ4n) is 4.39. The SMILES string of the molecule is Cc1nc(-c2cc(-c3cccc(S(C)(=O)=O)c3)ccc2-n2cc(C(F)(F)F)nc2C)c(-c2cccnc2C)o1. The lowest BCUT2D eigenvalue weighted by atomic mass is 9.97. The highest BCUT2D eigenvalue weighted by Gasteiger charge is 2.35. The third-order valence-electron chi connectivity index (χ3n) is 6.27. The predicted molar refractivity (Wildman–Crippen MR) is 140 cm³/mol. The number of aromatic nitrogens is 4. The quantitative estimate of drug-likeness (QED) is 0.244. The Morgan fingerprint density at radius 2 is 1.64 bits per heavy atom. The lowest BCUT2D eigenvalue weighted by Crippen LogP contribution is -2.05. The average molecular weight is 553 g/mol. The van der Waals surface area contributed by atoms with Crippen LogP contribution < -0.4 is 0 Å². The molecule has 0 saturated heterocycles. The fourth-order valence-corrected chi connectivity index (χ4v) is 5.06. The van der Waals surface area contributed by atoms with Crippen LogP contribution in [0.3, 0.4) is 0 Å². The zero-order chi connectivity index (χ0) is 28.1. The maximum Gasteiger partial charge on any atom is 0.434 e. The first-order valence-corrected chi connectivity index (χ1v) is 13.7. The van der Waals surface area contributed by atoms with Crippen molar-refractivity contribution in [1.29, 1.82) is 0 Å². The van der Waals surface area contributed by atoms with Gasteiger partial charge < -0.3 is 8.98 Å². The average Bonchev–Trinajstić information content (AvgIpc) is 3.46. The Kier molecular flexibility index (Phi) is 6.42. The zero-order valence-corrected chi connectivity index (χ0v) is 22.2. The molecule has 39 heavy (non-hydrogen) atoms. The van der Waals surface area contributed by atoms with Gasteiger partial charge in [0.2, 0.25) is 0 Å². The molecule has 0 fully saturated rings. The molecule has 3 heterocycles. The van der Waals surface area contributed by atoms with Crippen LogP contribution in [0.2, 0.25) is 0 Å². The van der Waals surface area contributed by atoms with Crippen molar-refractivity contribution < 1.29 is 26.0 Å². The number of oxazole rings is 1. The molecule has 5 aromatic rings. The van der Waals surface area contributed by atoms with E-state index in [1.54, 1.807) is 55.6 Å². The molecule has 200 valence electrons. The molecule has 0 amide bonds. The Labute approximate surface area is 222 Å². The summed E-state index contributed by atoms with van der Waals surface area (Å²) < 4.78 is 72.2. The second-order valence-corrected chi connectivity index (χ2v) is 11.1. The summed E-state index contributed by atoms with van der Waals surface area (Å²) in [6.07, 6.45) is -0.901. The molecule has 0 N–H and O–H groups in total. The minimum absolute atomic E-state index is 0.134. The molecule has 0 unspecified atom stereocenters. The van der Waals surface area contributed by atoms with E-state index in [9.17, 15) is 21.6 Å². The summed E-state index contributed by atoms with van der Waals surface area (Å²) in [6, 6.07) is 15.2. The number of alkyl halides is 3. The molecule has 0 saturated carbocycles. The van der Waals surface area contributed by atoms with Gasteiger partial charge in [0, 0.05) is 42.4 Å². The van der Waals surface area contributed by atoms with E-state index >= 15 is 0 Å². The number of hydrogen-bond acceptors (Lipinski definition) is 6. The number of halogens is 3. The van der Waals surface area contributed by atoms with Gasteiger partial charge in [-0.2, -0.15) is 13.2 Å². The van der Waals surface area contributed by atoms with Gasteiger partial charge >= 0.3 is 6.18 Å². The highest BCUT2D eigenvalue weighted by Crippen LogP contribution is 2.40. The molecule has 7 nitrogen and oxygen atoms in total. The van der Waals surface area contributed by atoms with Crippen LogP contribution in [0.1, 0.15) is 23.1 Å². The van der Waals surface area contributed by atoms with E-state index in [1.807, 2.05) is 13.0 Å². The van der Waals surface area contributed by atoms with Crippen LogP contribution in [0, 0.1) is 20.8 Å². The summed E-state index contributed by atoms with van der Waals surface area (Å²) in [5, 5.41) is 0. The van der Waals surface area contributed by atoms with E-state index in [0.29, 0.717) is 51.0 Å². The number of hydrogen-bond donors (Lipinski definition) is 0. The molecular formula is C28H23F3N4O3S. The second-order valence-electron chi connectivity index (χ2n) is 9.12. The van der Waals surface area contributed by atoms with Crippen LogP contribution >= 0.6 is 0 Å². The normalized spacial score (nSPS) is 12.2. The van der Waals surface area contributed by atoms with Crippen LogP contribution in [0.15, 0.2) is 76.3 Å². The van der Waals surface area contributed by atoms with E-state index in [2.05, 4.69) is 15.0 Å². The number of nitrogens with zero attached hydrogens (tertiary/aromatic N) is 4. The zero-order valence-electron chi connectivity index (χ0n) is 21.4. The Bertz CT molecular complexity index is 1820.